The molecule has 0 aliphatic carbocycles. The molecule has 0 spiro atoms. The number of rotatable bonds is 0. The van der Waals surface area contributed by atoms with Gasteiger partial charge in [-0.05, 0) is 0 Å². The molecular weight excluding hydrogens is 201 g/mol. The Morgan fingerprint density at radius 2 is 2.14 bits per heavy atom. The van der Waals surface area contributed by atoms with Crippen LogP contribution < -0.4 is 0 Å². The maximum atomic E-state index is 10.0. The number of amides is 1. The molecule has 0 saturated heterocycles. The fourth-order valence-electron chi connectivity index (χ4n) is 0.0365. The molecule has 3 nitrogen and oxygen atoms in total. The van der Waals surface area contributed by atoms with Gasteiger partial charge in [-0.25, -0.2) is 0 Å². The van der Waals surface area contributed by atoms with Crippen molar-refractivity contribution >= 4 is 48.1 Å². The van der Waals surface area contributed by atoms with Gasteiger partial charge < -0.3 is 0 Å². The van der Waals surface area contributed by atoms with Crippen LogP contribution >= 0.6 is 25.6 Å². The second kappa shape index (κ2) is 3.49. The molecule has 1 amide bonds. The Balaban J connectivity index is 3.35. The monoisotopic (exact) mass is 205 g/mol. The van der Waals surface area contributed by atoms with E-state index in [2.05, 4.69) is 29.4 Å². The van der Waals surface area contributed by atoms with E-state index in [1.54, 1.807) is 16.3 Å². The predicted octanol–water partition coefficient (Wildman–Crippen LogP) is -0.0696. The Morgan fingerprint density at radius 3 is 2.14 bits per heavy atom. The molecule has 7 heavy (non-hydrogen) atoms. The zero-order chi connectivity index (χ0) is 5.86. The average molecular weight is 204 g/mol. The van der Waals surface area contributed by atoms with Gasteiger partial charge >= 0.3 is 60.4 Å². The molecule has 42 valence electrons. The molecule has 0 N–H and O–H groups in total. The summed E-state index contributed by atoms with van der Waals surface area (Å²) < 4.78 is 4.82. The molecule has 0 aromatic rings. The van der Waals surface area contributed by atoms with Crippen LogP contribution in [0.5, 0.6) is 0 Å². The van der Waals surface area contributed by atoms with E-state index >= 15 is 0 Å². The summed E-state index contributed by atoms with van der Waals surface area (Å²) >= 11 is 8.62. The SMILES string of the molecule is O=C(O[SeH])N(S)S. The van der Waals surface area contributed by atoms with E-state index in [4.69, 9.17) is 0 Å². The van der Waals surface area contributed by atoms with Gasteiger partial charge in [0.05, 0.1) is 0 Å². The zero-order valence-electron chi connectivity index (χ0n) is 3.11. The van der Waals surface area contributed by atoms with Crippen molar-refractivity contribution in [2.24, 2.45) is 0 Å². The number of nitrogens with zero attached hydrogens (tertiary/aromatic N) is 1. The van der Waals surface area contributed by atoms with E-state index in [1.807, 2.05) is 0 Å². The first kappa shape index (κ1) is 7.49. The molecular formula is CH3NO2S2Se. The van der Waals surface area contributed by atoms with Gasteiger partial charge in [-0.2, -0.15) is 0 Å². The van der Waals surface area contributed by atoms with Gasteiger partial charge in [-0.3, -0.25) is 0 Å². The van der Waals surface area contributed by atoms with Crippen molar-refractivity contribution in [2.45, 2.75) is 0 Å². The molecule has 0 fully saturated rings. The van der Waals surface area contributed by atoms with Crippen molar-refractivity contribution in [2.75, 3.05) is 0 Å². The third-order valence-corrected chi connectivity index (χ3v) is 0.896. The van der Waals surface area contributed by atoms with Gasteiger partial charge in [0.2, 0.25) is 0 Å². The molecule has 0 atom stereocenters. The van der Waals surface area contributed by atoms with Crippen molar-refractivity contribution in [3.63, 3.8) is 0 Å². The summed E-state index contributed by atoms with van der Waals surface area (Å²) in [6, 6.07) is 0. The molecule has 0 aliphatic rings. The Labute approximate surface area is 60.6 Å². The van der Waals surface area contributed by atoms with E-state index < -0.39 is 6.09 Å². The molecule has 0 heterocycles. The standard InChI is InChI=1S/CH3NO2S2Se/c3-1(4-7)2(5)6/h5-7H. The van der Waals surface area contributed by atoms with Gasteiger partial charge in [-0.15, -0.1) is 0 Å². The summed E-state index contributed by atoms with van der Waals surface area (Å²) in [5.41, 5.74) is 0. The second-order valence-corrected chi connectivity index (χ2v) is 2.15. The summed E-state index contributed by atoms with van der Waals surface area (Å²) in [4.78, 5) is 10.0. The first-order chi connectivity index (χ1) is 3.18. The number of hydrogen-bond donors (Lipinski definition) is 2. The molecule has 0 aromatic heterocycles. The van der Waals surface area contributed by atoms with Crippen molar-refractivity contribution in [3.8, 4) is 0 Å². The van der Waals surface area contributed by atoms with Gasteiger partial charge in [-0.1, -0.05) is 0 Å². The number of thiol groups is 2. The minimum atomic E-state index is -0.619. The topological polar surface area (TPSA) is 29.5 Å². The summed E-state index contributed by atoms with van der Waals surface area (Å²) in [5, 5.41) is 0. The van der Waals surface area contributed by atoms with E-state index in [1.165, 1.54) is 0 Å². The van der Waals surface area contributed by atoms with Crippen LogP contribution in [0.25, 0.3) is 0 Å². The van der Waals surface area contributed by atoms with Crippen LogP contribution in [-0.4, -0.2) is 26.1 Å². The maximum absolute atomic E-state index is 10.0. The Morgan fingerprint density at radius 1 is 1.71 bits per heavy atom. The number of hydrogen-bond acceptors (Lipinski definition) is 4. The van der Waals surface area contributed by atoms with Gasteiger partial charge in [0.15, 0.2) is 0 Å². The average Bonchev–Trinajstić information content (AvgIpc) is 1.65. The predicted molar refractivity (Wildman–Crippen MR) is 33.4 cm³/mol. The Hall–Kier alpha value is 0.489. The van der Waals surface area contributed by atoms with Crippen molar-refractivity contribution in [3.05, 3.63) is 0 Å². The molecule has 0 rings (SSSR count). The minimum absolute atomic E-state index is 0.619. The molecule has 0 bridgehead atoms. The summed E-state index contributed by atoms with van der Waals surface area (Å²) in [7, 11) is 0. The van der Waals surface area contributed by atoms with Crippen LogP contribution in [0, 0.1) is 0 Å². The third-order valence-electron chi connectivity index (χ3n) is 0.241. The normalized spacial score (nSPS) is 7.86. The summed E-state index contributed by atoms with van der Waals surface area (Å²) in [6.07, 6.45) is -0.619. The van der Waals surface area contributed by atoms with Crippen molar-refractivity contribution < 1.29 is 8.61 Å². The van der Waals surface area contributed by atoms with E-state index in [0.717, 1.165) is 3.71 Å². The van der Waals surface area contributed by atoms with E-state index in [9.17, 15) is 4.79 Å². The van der Waals surface area contributed by atoms with Gasteiger partial charge in [0.1, 0.15) is 0 Å². The van der Waals surface area contributed by atoms with Crippen LogP contribution in [0.15, 0.2) is 0 Å². The Bertz CT molecular complexity index is 76.1. The molecule has 0 radical (unpaired) electrons. The molecule has 0 unspecified atom stereocenters. The number of carbonyl (C=O) groups excluding carboxylic acids is 1. The molecule has 0 aliphatic heterocycles. The fraction of sp³-hybridized carbons (Fsp3) is 0. The number of carbonyl (C=O) groups is 1. The van der Waals surface area contributed by atoms with Crippen molar-refractivity contribution in [1.29, 1.82) is 0 Å². The first-order valence-electron chi connectivity index (χ1n) is 1.21. The van der Waals surface area contributed by atoms with Crippen LogP contribution in [0.4, 0.5) is 4.79 Å². The van der Waals surface area contributed by atoms with Crippen LogP contribution in [0.3, 0.4) is 0 Å². The third kappa shape index (κ3) is 3.11. The summed E-state index contributed by atoms with van der Waals surface area (Å²) in [6.45, 7) is 0. The molecule has 6 heteroatoms. The zero-order valence-corrected chi connectivity index (χ0v) is 6.77. The second-order valence-electron chi connectivity index (χ2n) is 0.647. The van der Waals surface area contributed by atoms with E-state index in [-0.39, 0.29) is 0 Å². The van der Waals surface area contributed by atoms with Crippen LogP contribution in [-0.2, 0) is 3.82 Å². The quantitative estimate of drug-likeness (QED) is 0.427. The van der Waals surface area contributed by atoms with Gasteiger partial charge in [0, 0.05) is 0 Å². The van der Waals surface area contributed by atoms with Crippen LogP contribution in [0.2, 0.25) is 0 Å². The van der Waals surface area contributed by atoms with Gasteiger partial charge in [0.25, 0.3) is 0 Å². The van der Waals surface area contributed by atoms with Crippen molar-refractivity contribution in [1.82, 2.24) is 3.71 Å². The first-order valence-corrected chi connectivity index (χ1v) is 2.78. The van der Waals surface area contributed by atoms with E-state index in [0.29, 0.717) is 0 Å². The molecule has 0 saturated carbocycles. The Kier molecular flexibility index (Phi) is 3.73. The summed E-state index contributed by atoms with van der Waals surface area (Å²) in [5.74, 6) is 0. The molecule has 0 aromatic carbocycles. The fourth-order valence-corrected chi connectivity index (χ4v) is 0.569. The van der Waals surface area contributed by atoms with Crippen LogP contribution in [0.1, 0.15) is 0 Å².